The fourth-order valence-corrected chi connectivity index (χ4v) is 2.25. The monoisotopic (exact) mass is 194 g/mol. The molecule has 1 aromatic heterocycles. The second-order valence-corrected chi connectivity index (χ2v) is 4.71. The molecule has 13 heavy (non-hydrogen) atoms. The van der Waals surface area contributed by atoms with Crippen molar-refractivity contribution < 1.29 is 4.79 Å². The van der Waals surface area contributed by atoms with Crippen molar-refractivity contribution in [1.82, 2.24) is 0 Å². The molecule has 1 aliphatic carbocycles. The van der Waals surface area contributed by atoms with Crippen LogP contribution in [0, 0.1) is 5.92 Å². The molecule has 0 N–H and O–H groups in total. The zero-order valence-electron chi connectivity index (χ0n) is 7.66. The summed E-state index contributed by atoms with van der Waals surface area (Å²) < 4.78 is 0. The van der Waals surface area contributed by atoms with Gasteiger partial charge in [0.1, 0.15) is 5.78 Å². The molecule has 0 spiro atoms. The van der Waals surface area contributed by atoms with E-state index in [0.717, 1.165) is 32.1 Å². The molecule has 1 fully saturated rings. The van der Waals surface area contributed by atoms with Crippen LogP contribution in [0.3, 0.4) is 0 Å². The second-order valence-electron chi connectivity index (χ2n) is 3.67. The second kappa shape index (κ2) is 4.05. The van der Waals surface area contributed by atoms with Gasteiger partial charge >= 0.3 is 0 Å². The van der Waals surface area contributed by atoms with Crippen LogP contribution in [0.5, 0.6) is 0 Å². The quantitative estimate of drug-likeness (QED) is 0.704. The average molecular weight is 194 g/mol. The van der Waals surface area contributed by atoms with Gasteiger partial charge in [0.15, 0.2) is 0 Å². The summed E-state index contributed by atoms with van der Waals surface area (Å²) in [5, 5.41) is 2.10. The van der Waals surface area contributed by atoms with Gasteiger partial charge in [0.05, 0.1) is 0 Å². The van der Waals surface area contributed by atoms with Crippen molar-refractivity contribution >= 4 is 17.1 Å². The molecular formula is C11H14OS. The molecule has 0 unspecified atom stereocenters. The first-order valence-corrected chi connectivity index (χ1v) is 5.79. The maximum atomic E-state index is 11.3. The Labute approximate surface area is 82.8 Å². The van der Waals surface area contributed by atoms with Crippen molar-refractivity contribution in [1.29, 1.82) is 0 Å². The van der Waals surface area contributed by atoms with Crippen LogP contribution in [0.1, 0.15) is 30.6 Å². The van der Waals surface area contributed by atoms with E-state index in [1.165, 1.54) is 4.88 Å². The lowest BCUT2D eigenvalue weighted by molar-refractivity contribution is -0.120. The van der Waals surface area contributed by atoms with E-state index in [0.29, 0.717) is 11.7 Å². The number of rotatable bonds is 5. The Morgan fingerprint density at radius 1 is 1.54 bits per heavy atom. The molecule has 1 nitrogen and oxygen atoms in total. The molecule has 70 valence electrons. The lowest BCUT2D eigenvalue weighted by atomic mass is 10.1. The molecule has 2 heteroatoms. The minimum Gasteiger partial charge on any atom is -0.299 e. The topological polar surface area (TPSA) is 17.1 Å². The first-order chi connectivity index (χ1) is 6.36. The molecule has 0 atom stereocenters. The summed E-state index contributed by atoms with van der Waals surface area (Å²) in [7, 11) is 0. The molecule has 1 aliphatic rings. The van der Waals surface area contributed by atoms with Gasteiger partial charge < -0.3 is 0 Å². The van der Waals surface area contributed by atoms with Crippen LogP contribution in [-0.4, -0.2) is 5.78 Å². The number of ketones is 1. The molecule has 0 aromatic carbocycles. The summed E-state index contributed by atoms with van der Waals surface area (Å²) in [6, 6.07) is 4.22. The Balaban J connectivity index is 1.66. The van der Waals surface area contributed by atoms with Crippen LogP contribution < -0.4 is 0 Å². The number of carbonyl (C=O) groups is 1. The summed E-state index contributed by atoms with van der Waals surface area (Å²) >= 11 is 1.79. The summed E-state index contributed by atoms with van der Waals surface area (Å²) in [6.45, 7) is 0. The predicted octanol–water partition coefficient (Wildman–Crippen LogP) is 3.05. The standard InChI is InChI=1S/C11H14OS/c12-11(9-6-7-9)5-1-3-10-4-2-8-13-10/h2,4,8-9H,1,3,5-7H2. The predicted molar refractivity (Wildman–Crippen MR) is 55.0 cm³/mol. The largest absolute Gasteiger partial charge is 0.299 e. The number of aryl methyl sites for hydroxylation is 1. The highest BCUT2D eigenvalue weighted by Gasteiger charge is 2.28. The van der Waals surface area contributed by atoms with Gasteiger partial charge in [0.2, 0.25) is 0 Å². The summed E-state index contributed by atoms with van der Waals surface area (Å²) in [5.41, 5.74) is 0. The molecule has 0 aliphatic heterocycles. The minimum atomic E-state index is 0.448. The van der Waals surface area contributed by atoms with E-state index in [1.54, 1.807) is 11.3 Å². The molecule has 1 aromatic rings. The van der Waals surface area contributed by atoms with Gasteiger partial charge in [-0.15, -0.1) is 11.3 Å². The third kappa shape index (κ3) is 2.66. The maximum Gasteiger partial charge on any atom is 0.135 e. The normalized spacial score (nSPS) is 16.0. The van der Waals surface area contributed by atoms with E-state index in [1.807, 2.05) is 0 Å². The molecule has 0 amide bonds. The van der Waals surface area contributed by atoms with E-state index >= 15 is 0 Å². The lowest BCUT2D eigenvalue weighted by Crippen LogP contribution is -2.00. The van der Waals surface area contributed by atoms with Gasteiger partial charge in [-0.25, -0.2) is 0 Å². The maximum absolute atomic E-state index is 11.3. The highest BCUT2D eigenvalue weighted by Crippen LogP contribution is 2.31. The molecule has 1 heterocycles. The van der Waals surface area contributed by atoms with Crippen LogP contribution in [0.2, 0.25) is 0 Å². The van der Waals surface area contributed by atoms with E-state index < -0.39 is 0 Å². The fourth-order valence-electron chi connectivity index (χ4n) is 1.50. The molecule has 1 saturated carbocycles. The molecular weight excluding hydrogens is 180 g/mol. The van der Waals surface area contributed by atoms with Gasteiger partial charge in [-0.3, -0.25) is 4.79 Å². The fraction of sp³-hybridized carbons (Fsp3) is 0.545. The highest BCUT2D eigenvalue weighted by molar-refractivity contribution is 7.09. The lowest BCUT2D eigenvalue weighted by Gasteiger charge is -1.96. The molecule has 0 saturated heterocycles. The van der Waals surface area contributed by atoms with Crippen molar-refractivity contribution in [2.24, 2.45) is 5.92 Å². The van der Waals surface area contributed by atoms with Crippen LogP contribution >= 0.6 is 11.3 Å². The SMILES string of the molecule is O=C(CCCc1cccs1)C1CC1. The van der Waals surface area contributed by atoms with Gasteiger partial charge in [-0.05, 0) is 37.1 Å². The third-order valence-corrected chi connectivity index (χ3v) is 3.40. The van der Waals surface area contributed by atoms with Crippen LogP contribution in [0.15, 0.2) is 17.5 Å². The third-order valence-electron chi connectivity index (χ3n) is 2.46. The van der Waals surface area contributed by atoms with Crippen LogP contribution in [0.25, 0.3) is 0 Å². The van der Waals surface area contributed by atoms with Crippen molar-refractivity contribution in [2.45, 2.75) is 32.1 Å². The van der Waals surface area contributed by atoms with Crippen molar-refractivity contribution in [3.05, 3.63) is 22.4 Å². The summed E-state index contributed by atoms with van der Waals surface area (Å²) in [4.78, 5) is 12.7. The first kappa shape index (κ1) is 8.95. The number of carbonyl (C=O) groups excluding carboxylic acids is 1. The summed E-state index contributed by atoms with van der Waals surface area (Å²) in [5.74, 6) is 0.944. The van der Waals surface area contributed by atoms with Gasteiger partial charge in [0, 0.05) is 17.2 Å². The van der Waals surface area contributed by atoms with E-state index in [2.05, 4.69) is 17.5 Å². The first-order valence-electron chi connectivity index (χ1n) is 4.91. The van der Waals surface area contributed by atoms with Gasteiger partial charge in [-0.2, -0.15) is 0 Å². The Bertz CT molecular complexity index is 272. The number of hydrogen-bond donors (Lipinski definition) is 0. The van der Waals surface area contributed by atoms with E-state index in [9.17, 15) is 4.79 Å². The van der Waals surface area contributed by atoms with E-state index in [4.69, 9.17) is 0 Å². The number of Topliss-reactive ketones (excluding diaryl/α,β-unsaturated/α-hetero) is 1. The molecule has 0 radical (unpaired) electrons. The van der Waals surface area contributed by atoms with Gasteiger partial charge in [0.25, 0.3) is 0 Å². The smallest absolute Gasteiger partial charge is 0.135 e. The Morgan fingerprint density at radius 3 is 3.00 bits per heavy atom. The van der Waals surface area contributed by atoms with Crippen molar-refractivity contribution in [3.63, 3.8) is 0 Å². The Hall–Kier alpha value is -0.630. The van der Waals surface area contributed by atoms with E-state index in [-0.39, 0.29) is 0 Å². The average Bonchev–Trinajstić information content (AvgIpc) is 2.86. The Morgan fingerprint density at radius 2 is 2.38 bits per heavy atom. The molecule has 2 rings (SSSR count). The number of hydrogen-bond acceptors (Lipinski definition) is 2. The van der Waals surface area contributed by atoms with Crippen LogP contribution in [-0.2, 0) is 11.2 Å². The molecule has 0 bridgehead atoms. The van der Waals surface area contributed by atoms with Crippen molar-refractivity contribution in [2.75, 3.05) is 0 Å². The van der Waals surface area contributed by atoms with Crippen LogP contribution in [0.4, 0.5) is 0 Å². The highest BCUT2D eigenvalue weighted by atomic mass is 32.1. The van der Waals surface area contributed by atoms with Gasteiger partial charge in [-0.1, -0.05) is 6.07 Å². The minimum absolute atomic E-state index is 0.448. The van der Waals surface area contributed by atoms with Crippen molar-refractivity contribution in [3.8, 4) is 0 Å². The Kier molecular flexibility index (Phi) is 2.79. The number of thiophene rings is 1. The summed E-state index contributed by atoms with van der Waals surface area (Å²) in [6.07, 6.45) is 5.21. The zero-order chi connectivity index (χ0) is 9.10. The zero-order valence-corrected chi connectivity index (χ0v) is 8.48.